The number of hydrogen-bond donors (Lipinski definition) is 0. The molecule has 0 N–H and O–H groups in total. The summed E-state index contributed by atoms with van der Waals surface area (Å²) in [7, 11) is 13.3. The molecule has 0 radical (unpaired) electrons. The van der Waals surface area contributed by atoms with Crippen LogP contribution in [0.15, 0.2) is 0 Å². The fraction of sp³-hybridized carbons (Fsp3) is 0. The van der Waals surface area contributed by atoms with Crippen molar-refractivity contribution in [2.24, 2.45) is 0 Å². The van der Waals surface area contributed by atoms with E-state index in [-0.39, 0.29) is 20.4 Å². The zero-order chi connectivity index (χ0) is 6.41. The van der Waals surface area contributed by atoms with E-state index < -0.39 is 0 Å². The Morgan fingerprint density at radius 1 is 1.22 bits per heavy atom. The minimum absolute atomic E-state index is 0. The molecule has 0 heterocycles. The Morgan fingerprint density at radius 3 is 2.11 bits per heavy atom. The predicted molar refractivity (Wildman–Crippen MR) is 69.3 cm³/mol. The summed E-state index contributed by atoms with van der Waals surface area (Å²) in [5.74, 6) is 0. The fourth-order valence-electron chi connectivity index (χ4n) is 0.125. The van der Waals surface area contributed by atoms with E-state index in [2.05, 4.69) is 26.8 Å². The molecule has 0 bridgehead atoms. The van der Waals surface area contributed by atoms with Gasteiger partial charge in [-0.15, -0.1) is 26.8 Å². The maximum atomic E-state index is 2.95. The second-order valence-electron chi connectivity index (χ2n) is 0.880. The van der Waals surface area contributed by atoms with Gasteiger partial charge in [0.05, 0.1) is 0 Å². The summed E-state index contributed by atoms with van der Waals surface area (Å²) >= 11 is 0. The van der Waals surface area contributed by atoms with E-state index in [1.807, 2.05) is 0 Å². The molecular formula is H10P8Pd. The molecule has 0 rings (SSSR count). The zero-order valence-corrected chi connectivity index (χ0v) is 14.4. The largest absolute Gasteiger partial charge is 0.110 e. The Kier molecular flexibility index (Phi) is 20.9. The van der Waals surface area contributed by atoms with Gasteiger partial charge in [-0.25, -0.2) is 0 Å². The number of rotatable bonds is 4. The van der Waals surface area contributed by atoms with E-state index in [0.29, 0.717) is 6.99 Å². The van der Waals surface area contributed by atoms with Crippen LogP contribution in [0, 0.1) is 0 Å². The molecule has 0 aliphatic heterocycles. The Labute approximate surface area is 85.6 Å². The molecule has 0 aliphatic carbocycles. The van der Waals surface area contributed by atoms with Crippen LogP contribution in [0.2, 0.25) is 0 Å². The van der Waals surface area contributed by atoms with E-state index >= 15 is 0 Å². The van der Waals surface area contributed by atoms with Crippen LogP contribution in [0.5, 0.6) is 0 Å². The molecule has 0 saturated heterocycles. The summed E-state index contributed by atoms with van der Waals surface area (Å²) in [5.41, 5.74) is 0. The first-order valence-electron chi connectivity index (χ1n) is 1.78. The molecule has 0 aromatic carbocycles. The SMILES string of the molecule is PPPPP(P)PP.[Pd]. The Hall–Kier alpha value is 4.10. The van der Waals surface area contributed by atoms with Crippen molar-refractivity contribution in [2.75, 3.05) is 0 Å². The van der Waals surface area contributed by atoms with Crippen LogP contribution in [0.3, 0.4) is 0 Å². The molecule has 8 atom stereocenters. The molecule has 0 aromatic rings. The van der Waals surface area contributed by atoms with E-state index in [9.17, 15) is 0 Å². The van der Waals surface area contributed by atoms with Gasteiger partial charge >= 0.3 is 0 Å². The van der Waals surface area contributed by atoms with Crippen molar-refractivity contribution >= 4 is 65.6 Å². The Morgan fingerprint density at radius 2 is 1.78 bits per heavy atom. The van der Waals surface area contributed by atoms with Gasteiger partial charge in [0.15, 0.2) is 0 Å². The van der Waals surface area contributed by atoms with E-state index in [4.69, 9.17) is 0 Å². The summed E-state index contributed by atoms with van der Waals surface area (Å²) < 4.78 is 0. The van der Waals surface area contributed by atoms with Crippen molar-refractivity contribution < 1.29 is 20.4 Å². The van der Waals surface area contributed by atoms with Gasteiger partial charge in [0.2, 0.25) is 0 Å². The molecule has 0 aromatic heterocycles. The number of hydrogen-bond acceptors (Lipinski definition) is 0. The summed E-state index contributed by atoms with van der Waals surface area (Å²) in [4.78, 5) is 0. The summed E-state index contributed by atoms with van der Waals surface area (Å²) in [5, 5.41) is 0. The quantitative estimate of drug-likeness (QED) is 0.518. The summed E-state index contributed by atoms with van der Waals surface area (Å²) in [6.45, 7) is 0.357. The molecule has 0 saturated carbocycles. The van der Waals surface area contributed by atoms with Gasteiger partial charge in [-0.05, 0) is 6.99 Å². The molecule has 9 heavy (non-hydrogen) atoms. The van der Waals surface area contributed by atoms with Crippen LogP contribution in [-0.4, -0.2) is 0 Å². The molecular weight excluding hydrogens is 354 g/mol. The maximum Gasteiger partial charge on any atom is 0 e. The normalized spacial score (nSPS) is 17.7. The minimum atomic E-state index is 0. The molecule has 0 amide bonds. The zero-order valence-electron chi connectivity index (χ0n) is 4.50. The molecule has 8 unspecified atom stereocenters. The van der Waals surface area contributed by atoms with Crippen LogP contribution in [0.4, 0.5) is 0 Å². The van der Waals surface area contributed by atoms with Crippen molar-refractivity contribution in [1.29, 1.82) is 0 Å². The average Bonchev–Trinajstić information content (AvgIpc) is 1.83. The third kappa shape index (κ3) is 12.1. The average molecular weight is 364 g/mol. The standard InChI is InChI=1S/H10P8.Pd/c1-4-6-7-8(3)5-2;/h4-7H,1-3H2;. The first kappa shape index (κ1) is 15.6. The van der Waals surface area contributed by atoms with Crippen molar-refractivity contribution in [3.63, 3.8) is 0 Å². The van der Waals surface area contributed by atoms with Crippen molar-refractivity contribution in [3.05, 3.63) is 0 Å². The summed E-state index contributed by atoms with van der Waals surface area (Å²) in [6, 6.07) is 0. The van der Waals surface area contributed by atoms with E-state index in [1.165, 1.54) is 15.9 Å². The van der Waals surface area contributed by atoms with Gasteiger partial charge in [0, 0.05) is 20.4 Å². The van der Waals surface area contributed by atoms with Gasteiger partial charge in [-0.2, -0.15) is 0 Å². The van der Waals surface area contributed by atoms with Crippen LogP contribution in [0.25, 0.3) is 0 Å². The second kappa shape index (κ2) is 12.1. The van der Waals surface area contributed by atoms with E-state index in [1.54, 1.807) is 0 Å². The van der Waals surface area contributed by atoms with Gasteiger partial charge in [0.1, 0.15) is 0 Å². The molecule has 60 valence electrons. The second-order valence-corrected chi connectivity index (χ2v) is 23.8. The molecule has 0 nitrogen and oxygen atoms in total. The van der Waals surface area contributed by atoms with Crippen molar-refractivity contribution in [1.82, 2.24) is 0 Å². The molecule has 9 heteroatoms. The van der Waals surface area contributed by atoms with Crippen molar-refractivity contribution in [3.8, 4) is 0 Å². The van der Waals surface area contributed by atoms with Crippen LogP contribution < -0.4 is 0 Å². The van der Waals surface area contributed by atoms with E-state index in [0.717, 1.165) is 15.9 Å². The fourth-order valence-corrected chi connectivity index (χ4v) is 30.3. The van der Waals surface area contributed by atoms with Crippen LogP contribution >= 0.6 is 65.6 Å². The van der Waals surface area contributed by atoms with Crippen LogP contribution in [0.1, 0.15) is 0 Å². The maximum absolute atomic E-state index is 2.95. The third-order valence-corrected chi connectivity index (χ3v) is 31.4. The topological polar surface area (TPSA) is 0 Å². The molecule has 0 spiro atoms. The first-order valence-corrected chi connectivity index (χ1v) is 16.0. The summed E-state index contributed by atoms with van der Waals surface area (Å²) in [6.07, 6.45) is 0. The van der Waals surface area contributed by atoms with Crippen LogP contribution in [-0.2, 0) is 20.4 Å². The van der Waals surface area contributed by atoms with Gasteiger partial charge < -0.3 is 0 Å². The molecule has 0 aliphatic rings. The molecule has 0 fully saturated rings. The van der Waals surface area contributed by atoms with Gasteiger partial charge in [0.25, 0.3) is 0 Å². The Balaban J connectivity index is 0. The predicted octanol–water partition coefficient (Wildman–Crippen LogP) is 4.21. The van der Waals surface area contributed by atoms with Gasteiger partial charge in [-0.3, -0.25) is 0 Å². The first-order chi connectivity index (χ1) is 3.81. The minimum Gasteiger partial charge on any atom is -0.110 e. The van der Waals surface area contributed by atoms with Gasteiger partial charge in [-0.1, -0.05) is 31.8 Å². The third-order valence-electron chi connectivity index (χ3n) is 0.388. The smallest absolute Gasteiger partial charge is 0 e. The monoisotopic (exact) mass is 364 g/mol. The van der Waals surface area contributed by atoms with Crippen molar-refractivity contribution in [2.45, 2.75) is 0 Å². The Bertz CT molecular complexity index is 43.8.